The minimum Gasteiger partial charge on any atom is -0.483 e. The molecule has 0 atom stereocenters. The maximum Gasteiger partial charge on any atom is 0.271 e. The van der Waals surface area contributed by atoms with Crippen LogP contribution >= 0.6 is 11.6 Å². The summed E-state index contributed by atoms with van der Waals surface area (Å²) in [5.41, 5.74) is 7.33. The molecule has 2 N–H and O–H groups in total. The second kappa shape index (κ2) is 10.6. The Labute approximate surface area is 192 Å². The van der Waals surface area contributed by atoms with Crippen LogP contribution in [0.3, 0.4) is 0 Å². The topological polar surface area (TPSA) is 79.8 Å². The Balaban J connectivity index is 1.63. The van der Waals surface area contributed by atoms with E-state index in [0.29, 0.717) is 21.9 Å². The van der Waals surface area contributed by atoms with Gasteiger partial charge < -0.3 is 10.1 Å². The average Bonchev–Trinajstić information content (AvgIpc) is 2.76. The maximum absolute atomic E-state index is 12.4. The van der Waals surface area contributed by atoms with E-state index < -0.39 is 0 Å². The number of nitrogens with one attached hydrogen (secondary N) is 2. The number of carbonyl (C=O) groups is 2. The molecular weight excluding hydrogens is 426 g/mol. The highest BCUT2D eigenvalue weighted by Crippen LogP contribution is 2.22. The molecule has 0 unspecified atom stereocenters. The van der Waals surface area contributed by atoms with Crippen LogP contribution in [0.4, 0.5) is 5.69 Å². The Morgan fingerprint density at radius 3 is 2.44 bits per heavy atom. The minimum atomic E-state index is -0.335. The van der Waals surface area contributed by atoms with Crippen LogP contribution in [0.2, 0.25) is 5.02 Å². The van der Waals surface area contributed by atoms with Crippen molar-refractivity contribution in [2.45, 2.75) is 20.8 Å². The van der Waals surface area contributed by atoms with Crippen molar-refractivity contribution in [3.63, 3.8) is 0 Å². The highest BCUT2D eigenvalue weighted by molar-refractivity contribution is 6.30. The molecular formula is C25H24ClN3O3. The Hall–Kier alpha value is -3.64. The van der Waals surface area contributed by atoms with Crippen LogP contribution < -0.4 is 15.5 Å². The number of anilines is 1. The number of aryl methyl sites for hydroxylation is 3. The van der Waals surface area contributed by atoms with Gasteiger partial charge in [-0.3, -0.25) is 9.59 Å². The van der Waals surface area contributed by atoms with E-state index in [-0.39, 0.29) is 18.4 Å². The van der Waals surface area contributed by atoms with E-state index in [2.05, 4.69) is 15.8 Å². The lowest BCUT2D eigenvalue weighted by molar-refractivity contribution is -0.118. The third-order valence-corrected chi connectivity index (χ3v) is 4.92. The molecule has 0 saturated carbocycles. The molecule has 0 heterocycles. The minimum absolute atomic E-state index is 0.189. The van der Waals surface area contributed by atoms with Gasteiger partial charge in [0, 0.05) is 21.8 Å². The van der Waals surface area contributed by atoms with Gasteiger partial charge in [0.2, 0.25) is 0 Å². The second-order valence-corrected chi connectivity index (χ2v) is 7.84. The zero-order valence-corrected chi connectivity index (χ0v) is 18.9. The van der Waals surface area contributed by atoms with Crippen LogP contribution in [-0.4, -0.2) is 24.6 Å². The van der Waals surface area contributed by atoms with Crippen molar-refractivity contribution in [3.05, 3.63) is 93.5 Å². The van der Waals surface area contributed by atoms with E-state index in [1.165, 1.54) is 6.21 Å². The average molecular weight is 450 g/mol. The number of carbonyl (C=O) groups excluding carboxylic acids is 2. The molecule has 3 rings (SSSR count). The van der Waals surface area contributed by atoms with Crippen molar-refractivity contribution in [2.24, 2.45) is 5.10 Å². The first-order valence-corrected chi connectivity index (χ1v) is 10.4. The lowest BCUT2D eigenvalue weighted by Crippen LogP contribution is -2.21. The fourth-order valence-electron chi connectivity index (χ4n) is 2.88. The molecule has 3 aromatic rings. The van der Waals surface area contributed by atoms with Crippen LogP contribution in [0.1, 0.15) is 32.6 Å². The van der Waals surface area contributed by atoms with Crippen LogP contribution in [-0.2, 0) is 4.79 Å². The van der Waals surface area contributed by atoms with E-state index in [9.17, 15) is 9.59 Å². The summed E-state index contributed by atoms with van der Waals surface area (Å²) in [5, 5.41) is 7.32. The molecule has 0 aliphatic rings. The summed E-state index contributed by atoms with van der Waals surface area (Å²) in [6.45, 7) is 5.64. The molecule has 0 saturated heterocycles. The lowest BCUT2D eigenvalue weighted by atomic mass is 10.1. The third-order valence-electron chi connectivity index (χ3n) is 4.68. The summed E-state index contributed by atoms with van der Waals surface area (Å²) in [5.74, 6) is -0.207. The molecule has 32 heavy (non-hydrogen) atoms. The summed E-state index contributed by atoms with van der Waals surface area (Å²) in [4.78, 5) is 24.6. The number of amides is 2. The fraction of sp³-hybridized carbons (Fsp3) is 0.160. The molecule has 0 radical (unpaired) electrons. The zero-order chi connectivity index (χ0) is 23.1. The lowest BCUT2D eigenvalue weighted by Gasteiger charge is -2.12. The van der Waals surface area contributed by atoms with E-state index in [1.54, 1.807) is 30.3 Å². The smallest absolute Gasteiger partial charge is 0.271 e. The number of hydrazone groups is 1. The summed E-state index contributed by atoms with van der Waals surface area (Å²) < 4.78 is 5.68. The second-order valence-electron chi connectivity index (χ2n) is 7.40. The summed E-state index contributed by atoms with van der Waals surface area (Å²) in [6, 6.07) is 17.9. The molecule has 0 spiro atoms. The van der Waals surface area contributed by atoms with Gasteiger partial charge >= 0.3 is 0 Å². The Morgan fingerprint density at radius 1 is 0.969 bits per heavy atom. The van der Waals surface area contributed by atoms with Crippen LogP contribution in [0.5, 0.6) is 5.75 Å². The first-order valence-electron chi connectivity index (χ1n) is 10.0. The summed E-state index contributed by atoms with van der Waals surface area (Å²) in [7, 11) is 0. The van der Waals surface area contributed by atoms with Crippen molar-refractivity contribution in [1.82, 2.24) is 5.43 Å². The number of hydrogen-bond donors (Lipinski definition) is 2. The van der Waals surface area contributed by atoms with Gasteiger partial charge in [0.1, 0.15) is 5.75 Å². The summed E-state index contributed by atoms with van der Waals surface area (Å²) >= 11 is 6.09. The van der Waals surface area contributed by atoms with Crippen LogP contribution in [0.25, 0.3) is 0 Å². The van der Waals surface area contributed by atoms with E-state index >= 15 is 0 Å². The first-order chi connectivity index (χ1) is 15.3. The number of halogens is 1. The van der Waals surface area contributed by atoms with Crippen molar-refractivity contribution in [2.75, 3.05) is 11.9 Å². The summed E-state index contributed by atoms with van der Waals surface area (Å²) in [6.07, 6.45) is 1.43. The zero-order valence-electron chi connectivity index (χ0n) is 18.1. The molecule has 0 bridgehead atoms. The van der Waals surface area contributed by atoms with E-state index in [4.69, 9.17) is 16.3 Å². The Kier molecular flexibility index (Phi) is 7.63. The van der Waals surface area contributed by atoms with Crippen LogP contribution in [0.15, 0.2) is 65.8 Å². The maximum atomic E-state index is 12.4. The number of nitrogens with zero attached hydrogens (tertiary/aromatic N) is 1. The van der Waals surface area contributed by atoms with Gasteiger partial charge in [-0.25, -0.2) is 5.43 Å². The highest BCUT2D eigenvalue weighted by atomic mass is 35.5. The number of ether oxygens (including phenoxy) is 1. The van der Waals surface area contributed by atoms with Crippen molar-refractivity contribution in [1.29, 1.82) is 0 Å². The Morgan fingerprint density at radius 2 is 1.69 bits per heavy atom. The molecule has 7 heteroatoms. The number of benzene rings is 3. The molecule has 164 valence electrons. The predicted molar refractivity (Wildman–Crippen MR) is 128 cm³/mol. The SMILES string of the molecule is Cc1ccc(C(=O)N/N=C/c2cc(Cl)ccc2OCC(=O)Nc2cc(C)ccc2C)cc1. The predicted octanol–water partition coefficient (Wildman–Crippen LogP) is 5.05. The van der Waals surface area contributed by atoms with E-state index in [1.807, 2.05) is 51.1 Å². The van der Waals surface area contributed by atoms with Gasteiger partial charge in [-0.05, 0) is 68.3 Å². The monoisotopic (exact) mass is 449 g/mol. The van der Waals surface area contributed by atoms with Crippen LogP contribution in [0, 0.1) is 20.8 Å². The Bertz CT molecular complexity index is 1160. The number of hydrogen-bond acceptors (Lipinski definition) is 4. The highest BCUT2D eigenvalue weighted by Gasteiger charge is 2.09. The van der Waals surface area contributed by atoms with Crippen molar-refractivity contribution >= 4 is 35.3 Å². The quantitative estimate of drug-likeness (QED) is 0.391. The van der Waals surface area contributed by atoms with Gasteiger partial charge in [-0.15, -0.1) is 0 Å². The van der Waals surface area contributed by atoms with E-state index in [0.717, 1.165) is 22.4 Å². The molecule has 0 fully saturated rings. The molecule has 0 aliphatic heterocycles. The van der Waals surface area contributed by atoms with Crippen molar-refractivity contribution < 1.29 is 14.3 Å². The largest absolute Gasteiger partial charge is 0.483 e. The molecule has 2 amide bonds. The van der Waals surface area contributed by atoms with Gasteiger partial charge in [-0.2, -0.15) is 5.10 Å². The fourth-order valence-corrected chi connectivity index (χ4v) is 3.06. The third kappa shape index (κ3) is 6.43. The standard InChI is InChI=1S/C25H24ClN3O3/c1-16-5-8-19(9-6-16)25(31)29-27-14-20-13-21(26)10-11-23(20)32-15-24(30)28-22-12-17(2)4-7-18(22)3/h4-14H,15H2,1-3H3,(H,28,30)(H,29,31)/b27-14+. The van der Waals surface area contributed by atoms with Crippen molar-refractivity contribution in [3.8, 4) is 5.75 Å². The number of rotatable bonds is 7. The van der Waals surface area contributed by atoms with Gasteiger partial charge in [0.05, 0.1) is 6.21 Å². The molecule has 0 aromatic heterocycles. The van der Waals surface area contributed by atoms with Gasteiger partial charge in [0.25, 0.3) is 11.8 Å². The van der Waals surface area contributed by atoms with Gasteiger partial charge in [-0.1, -0.05) is 41.4 Å². The van der Waals surface area contributed by atoms with Gasteiger partial charge in [0.15, 0.2) is 6.61 Å². The molecule has 0 aliphatic carbocycles. The normalized spacial score (nSPS) is 10.8. The molecule has 6 nitrogen and oxygen atoms in total. The first kappa shape index (κ1) is 23.0. The molecule has 3 aromatic carbocycles.